The second-order valence-corrected chi connectivity index (χ2v) is 6.46. The summed E-state index contributed by atoms with van der Waals surface area (Å²) in [5, 5.41) is 6.33. The molecule has 0 atom stereocenters. The predicted octanol–water partition coefficient (Wildman–Crippen LogP) is 3.44. The van der Waals surface area contributed by atoms with Crippen LogP contribution in [-0.4, -0.2) is 29.6 Å². The highest BCUT2D eigenvalue weighted by molar-refractivity contribution is 7.98. The van der Waals surface area contributed by atoms with Crippen molar-refractivity contribution in [2.45, 2.75) is 18.9 Å². The third-order valence-corrected chi connectivity index (χ3v) is 4.01. The number of para-hydroxylation sites is 1. The molecule has 24 heavy (non-hydrogen) atoms. The monoisotopic (exact) mass is 343 g/mol. The van der Waals surface area contributed by atoms with Gasteiger partial charge in [-0.05, 0) is 36.4 Å². The number of hydrogen-bond donors (Lipinski definition) is 2. The van der Waals surface area contributed by atoms with Gasteiger partial charge in [0.2, 0.25) is 0 Å². The minimum atomic E-state index is -0.281. The zero-order valence-corrected chi connectivity index (χ0v) is 14.8. The summed E-state index contributed by atoms with van der Waals surface area (Å²) in [4.78, 5) is 29.1. The van der Waals surface area contributed by atoms with Gasteiger partial charge in [-0.2, -0.15) is 0 Å². The van der Waals surface area contributed by atoms with Crippen LogP contribution in [0.2, 0.25) is 0 Å². The number of benzene rings is 1. The highest BCUT2D eigenvalue weighted by atomic mass is 32.2. The van der Waals surface area contributed by atoms with E-state index in [1.807, 2.05) is 20.1 Å². The second-order valence-electron chi connectivity index (χ2n) is 5.66. The third kappa shape index (κ3) is 4.58. The Morgan fingerprint density at radius 2 is 1.79 bits per heavy atom. The van der Waals surface area contributed by atoms with Gasteiger partial charge in [-0.15, -0.1) is 11.8 Å². The van der Waals surface area contributed by atoms with Gasteiger partial charge in [-0.3, -0.25) is 9.59 Å². The average molecular weight is 343 g/mol. The van der Waals surface area contributed by atoms with Gasteiger partial charge in [0.1, 0.15) is 5.03 Å². The summed E-state index contributed by atoms with van der Waals surface area (Å²) in [5.74, 6) is -0.123. The minimum absolute atomic E-state index is 0.198. The van der Waals surface area contributed by atoms with Crippen molar-refractivity contribution < 1.29 is 9.59 Å². The van der Waals surface area contributed by atoms with E-state index in [0.717, 1.165) is 0 Å². The minimum Gasteiger partial charge on any atom is -0.352 e. The molecule has 0 radical (unpaired) electrons. The summed E-state index contributed by atoms with van der Waals surface area (Å²) >= 11 is 1.40. The van der Waals surface area contributed by atoms with Crippen molar-refractivity contribution in [2.24, 2.45) is 5.92 Å². The molecule has 0 saturated carbocycles. The van der Waals surface area contributed by atoms with Crippen LogP contribution in [0.15, 0.2) is 47.6 Å². The van der Waals surface area contributed by atoms with Crippen molar-refractivity contribution in [2.75, 3.05) is 18.1 Å². The fourth-order valence-electron chi connectivity index (χ4n) is 2.10. The van der Waals surface area contributed by atoms with Crippen LogP contribution >= 0.6 is 11.8 Å². The number of amides is 2. The van der Waals surface area contributed by atoms with E-state index in [2.05, 4.69) is 15.6 Å². The van der Waals surface area contributed by atoms with E-state index in [0.29, 0.717) is 34.3 Å². The number of rotatable bonds is 6. The van der Waals surface area contributed by atoms with Crippen LogP contribution in [-0.2, 0) is 0 Å². The quantitative estimate of drug-likeness (QED) is 0.788. The second kappa shape index (κ2) is 8.49. The number of nitrogens with zero attached hydrogens (tertiary/aromatic N) is 1. The van der Waals surface area contributed by atoms with Crippen LogP contribution in [0.5, 0.6) is 0 Å². The molecule has 0 aliphatic rings. The molecule has 0 spiro atoms. The van der Waals surface area contributed by atoms with Crippen molar-refractivity contribution in [1.82, 2.24) is 10.3 Å². The number of thioether (sulfide) groups is 1. The number of carbonyl (C=O) groups excluding carboxylic acids is 2. The van der Waals surface area contributed by atoms with E-state index in [4.69, 9.17) is 0 Å². The van der Waals surface area contributed by atoms with E-state index in [-0.39, 0.29) is 11.8 Å². The highest BCUT2D eigenvalue weighted by Gasteiger charge is 2.16. The average Bonchev–Trinajstić information content (AvgIpc) is 2.60. The lowest BCUT2D eigenvalue weighted by Gasteiger charge is -2.13. The Labute approximate surface area is 146 Å². The van der Waals surface area contributed by atoms with Gasteiger partial charge in [0.25, 0.3) is 11.8 Å². The largest absolute Gasteiger partial charge is 0.352 e. The SMILES string of the molecule is CSc1ncccc1C(=O)Nc1ccccc1C(=O)NCC(C)C. The Hall–Kier alpha value is -2.34. The van der Waals surface area contributed by atoms with Crippen molar-refractivity contribution in [1.29, 1.82) is 0 Å². The van der Waals surface area contributed by atoms with Gasteiger partial charge < -0.3 is 10.6 Å². The Bertz CT molecular complexity index is 732. The van der Waals surface area contributed by atoms with Crippen molar-refractivity contribution in [3.63, 3.8) is 0 Å². The normalized spacial score (nSPS) is 10.5. The van der Waals surface area contributed by atoms with Crippen LogP contribution in [0, 0.1) is 5.92 Å². The van der Waals surface area contributed by atoms with Crippen LogP contribution in [0.25, 0.3) is 0 Å². The number of carbonyl (C=O) groups is 2. The van der Waals surface area contributed by atoms with Gasteiger partial charge in [0.05, 0.1) is 16.8 Å². The third-order valence-electron chi connectivity index (χ3n) is 3.30. The topological polar surface area (TPSA) is 71.1 Å². The van der Waals surface area contributed by atoms with E-state index in [1.165, 1.54) is 11.8 Å². The smallest absolute Gasteiger partial charge is 0.258 e. The molecule has 2 rings (SSSR count). The molecule has 0 aliphatic heterocycles. The molecular formula is C18H21N3O2S. The first-order valence-electron chi connectivity index (χ1n) is 7.70. The Morgan fingerprint density at radius 3 is 2.50 bits per heavy atom. The molecule has 5 nitrogen and oxygen atoms in total. The summed E-state index contributed by atoms with van der Waals surface area (Å²) in [6, 6.07) is 10.4. The van der Waals surface area contributed by atoms with Gasteiger partial charge in [-0.25, -0.2) is 4.98 Å². The maximum atomic E-state index is 12.5. The summed E-state index contributed by atoms with van der Waals surface area (Å²) < 4.78 is 0. The fraction of sp³-hybridized carbons (Fsp3) is 0.278. The molecule has 1 heterocycles. The van der Waals surface area contributed by atoms with Crippen LogP contribution in [0.4, 0.5) is 5.69 Å². The molecule has 0 unspecified atom stereocenters. The molecule has 0 bridgehead atoms. The van der Waals surface area contributed by atoms with Crippen molar-refractivity contribution in [3.05, 3.63) is 53.7 Å². The molecule has 2 N–H and O–H groups in total. The highest BCUT2D eigenvalue weighted by Crippen LogP contribution is 2.20. The lowest BCUT2D eigenvalue weighted by molar-refractivity contribution is 0.0950. The molecule has 6 heteroatoms. The fourth-order valence-corrected chi connectivity index (χ4v) is 2.65. The Balaban J connectivity index is 2.21. The van der Waals surface area contributed by atoms with Crippen molar-refractivity contribution >= 4 is 29.3 Å². The number of pyridine rings is 1. The molecule has 0 fully saturated rings. The van der Waals surface area contributed by atoms with Gasteiger partial charge in [0.15, 0.2) is 0 Å². The van der Waals surface area contributed by atoms with Crippen molar-refractivity contribution in [3.8, 4) is 0 Å². The standard InChI is InChI=1S/C18H21N3O2S/c1-12(2)11-20-16(22)13-7-4-5-9-15(13)21-17(23)14-8-6-10-19-18(14)24-3/h4-10,12H,11H2,1-3H3,(H,20,22)(H,21,23). The first-order valence-corrected chi connectivity index (χ1v) is 8.93. The zero-order valence-electron chi connectivity index (χ0n) is 14.0. The van der Waals surface area contributed by atoms with E-state index in [1.54, 1.807) is 42.6 Å². The number of aromatic nitrogens is 1. The van der Waals surface area contributed by atoms with E-state index < -0.39 is 0 Å². The molecule has 1 aromatic heterocycles. The van der Waals surface area contributed by atoms with E-state index in [9.17, 15) is 9.59 Å². The maximum absolute atomic E-state index is 12.5. The van der Waals surface area contributed by atoms with Crippen LogP contribution in [0.1, 0.15) is 34.6 Å². The Morgan fingerprint density at radius 1 is 1.08 bits per heavy atom. The van der Waals surface area contributed by atoms with Gasteiger partial charge in [-0.1, -0.05) is 26.0 Å². The lowest BCUT2D eigenvalue weighted by Crippen LogP contribution is -2.28. The molecule has 2 aromatic rings. The number of anilines is 1. The maximum Gasteiger partial charge on any atom is 0.258 e. The lowest BCUT2D eigenvalue weighted by atomic mass is 10.1. The Kier molecular flexibility index (Phi) is 6.37. The first-order chi connectivity index (χ1) is 11.5. The van der Waals surface area contributed by atoms with Gasteiger partial charge >= 0.3 is 0 Å². The summed E-state index contributed by atoms with van der Waals surface area (Å²) in [5.41, 5.74) is 1.42. The molecule has 0 aliphatic carbocycles. The van der Waals surface area contributed by atoms with Gasteiger partial charge in [0, 0.05) is 12.7 Å². The summed E-state index contributed by atoms with van der Waals surface area (Å²) in [7, 11) is 0. The predicted molar refractivity (Wildman–Crippen MR) is 97.6 cm³/mol. The van der Waals surface area contributed by atoms with Crippen LogP contribution < -0.4 is 10.6 Å². The number of nitrogens with one attached hydrogen (secondary N) is 2. The molecular weight excluding hydrogens is 322 g/mol. The molecule has 126 valence electrons. The summed E-state index contributed by atoms with van der Waals surface area (Å²) in [6.07, 6.45) is 3.52. The first kappa shape index (κ1) is 18.0. The zero-order chi connectivity index (χ0) is 17.5. The molecule has 0 saturated heterocycles. The van der Waals surface area contributed by atoms with E-state index >= 15 is 0 Å². The van der Waals surface area contributed by atoms with Crippen LogP contribution in [0.3, 0.4) is 0 Å². The summed E-state index contributed by atoms with van der Waals surface area (Å²) in [6.45, 7) is 4.64. The molecule has 2 amide bonds. The molecule has 1 aromatic carbocycles. The number of hydrogen-bond acceptors (Lipinski definition) is 4.